The first kappa shape index (κ1) is 10.6. The van der Waals surface area contributed by atoms with Crippen molar-refractivity contribution in [1.82, 2.24) is 14.8 Å². The minimum atomic E-state index is 0.368. The molecule has 16 heavy (non-hydrogen) atoms. The van der Waals surface area contributed by atoms with Gasteiger partial charge in [-0.15, -0.1) is 0 Å². The van der Waals surface area contributed by atoms with Gasteiger partial charge < -0.3 is 10.5 Å². The van der Waals surface area contributed by atoms with Gasteiger partial charge in [0.05, 0.1) is 19.3 Å². The van der Waals surface area contributed by atoms with E-state index in [4.69, 9.17) is 10.5 Å². The van der Waals surface area contributed by atoms with Crippen LogP contribution >= 0.6 is 0 Å². The SMILES string of the molecule is COc1ccc(-n2nc(C)nc2CN)cc1. The molecule has 0 aliphatic carbocycles. The van der Waals surface area contributed by atoms with Crippen LogP contribution in [0.1, 0.15) is 11.6 Å². The van der Waals surface area contributed by atoms with E-state index in [0.29, 0.717) is 6.54 Å². The van der Waals surface area contributed by atoms with E-state index in [1.807, 2.05) is 31.2 Å². The number of rotatable bonds is 3. The largest absolute Gasteiger partial charge is 0.497 e. The highest BCUT2D eigenvalue weighted by Crippen LogP contribution is 2.15. The fourth-order valence-corrected chi connectivity index (χ4v) is 1.52. The van der Waals surface area contributed by atoms with Crippen LogP contribution in [0, 0.1) is 6.92 Å². The Bertz CT molecular complexity index is 475. The van der Waals surface area contributed by atoms with Gasteiger partial charge in [-0.2, -0.15) is 5.10 Å². The van der Waals surface area contributed by atoms with E-state index in [9.17, 15) is 0 Å². The molecule has 2 N–H and O–H groups in total. The summed E-state index contributed by atoms with van der Waals surface area (Å²) in [5.74, 6) is 2.29. The zero-order valence-electron chi connectivity index (χ0n) is 9.34. The predicted octanol–water partition coefficient (Wildman–Crippen LogP) is 1.04. The summed E-state index contributed by atoms with van der Waals surface area (Å²) in [5, 5.41) is 4.29. The summed E-state index contributed by atoms with van der Waals surface area (Å²) in [4.78, 5) is 4.24. The van der Waals surface area contributed by atoms with Crippen molar-refractivity contribution in [1.29, 1.82) is 0 Å². The number of nitrogens with two attached hydrogens (primary N) is 1. The highest BCUT2D eigenvalue weighted by molar-refractivity contribution is 5.37. The van der Waals surface area contributed by atoms with Crippen molar-refractivity contribution in [3.63, 3.8) is 0 Å². The van der Waals surface area contributed by atoms with Gasteiger partial charge in [-0.3, -0.25) is 0 Å². The summed E-state index contributed by atoms with van der Waals surface area (Å²) in [6, 6.07) is 7.61. The summed E-state index contributed by atoms with van der Waals surface area (Å²) < 4.78 is 6.84. The van der Waals surface area contributed by atoms with Crippen molar-refractivity contribution >= 4 is 0 Å². The van der Waals surface area contributed by atoms with Crippen molar-refractivity contribution in [3.8, 4) is 11.4 Å². The molecule has 84 valence electrons. The van der Waals surface area contributed by atoms with Crippen molar-refractivity contribution in [2.24, 2.45) is 5.73 Å². The van der Waals surface area contributed by atoms with Crippen molar-refractivity contribution < 1.29 is 4.74 Å². The van der Waals surface area contributed by atoms with Gasteiger partial charge in [-0.25, -0.2) is 9.67 Å². The molecule has 0 radical (unpaired) electrons. The number of methoxy groups -OCH3 is 1. The smallest absolute Gasteiger partial charge is 0.148 e. The number of hydrogen-bond acceptors (Lipinski definition) is 4. The lowest BCUT2D eigenvalue weighted by molar-refractivity contribution is 0.414. The molecule has 0 atom stereocenters. The lowest BCUT2D eigenvalue weighted by atomic mass is 10.3. The monoisotopic (exact) mass is 218 g/mol. The van der Waals surface area contributed by atoms with Crippen LogP contribution in [0.15, 0.2) is 24.3 Å². The number of benzene rings is 1. The Balaban J connectivity index is 2.41. The first-order valence-corrected chi connectivity index (χ1v) is 5.01. The number of nitrogens with zero attached hydrogens (tertiary/aromatic N) is 3. The molecule has 0 aliphatic heterocycles. The topological polar surface area (TPSA) is 66.0 Å². The molecule has 2 rings (SSSR count). The maximum atomic E-state index is 5.61. The van der Waals surface area contributed by atoms with Crippen molar-refractivity contribution in [2.45, 2.75) is 13.5 Å². The van der Waals surface area contributed by atoms with Crippen LogP contribution in [0.25, 0.3) is 5.69 Å². The van der Waals surface area contributed by atoms with Gasteiger partial charge in [0, 0.05) is 0 Å². The Morgan fingerprint density at radius 3 is 2.56 bits per heavy atom. The second kappa shape index (κ2) is 4.32. The van der Waals surface area contributed by atoms with E-state index in [1.165, 1.54) is 0 Å². The van der Waals surface area contributed by atoms with Gasteiger partial charge in [0.15, 0.2) is 0 Å². The number of aromatic nitrogens is 3. The highest BCUT2D eigenvalue weighted by atomic mass is 16.5. The molecule has 1 aromatic heterocycles. The fraction of sp³-hybridized carbons (Fsp3) is 0.273. The molecule has 5 nitrogen and oxygen atoms in total. The van der Waals surface area contributed by atoms with Gasteiger partial charge in [-0.05, 0) is 31.2 Å². The standard InChI is InChI=1S/C11H14N4O/c1-8-13-11(7-12)15(14-8)9-3-5-10(16-2)6-4-9/h3-6H,7,12H2,1-2H3. The summed E-state index contributed by atoms with van der Waals surface area (Å²) in [6.45, 7) is 2.21. The Morgan fingerprint density at radius 2 is 2.00 bits per heavy atom. The lowest BCUT2D eigenvalue weighted by Crippen LogP contribution is -2.07. The van der Waals surface area contributed by atoms with E-state index in [2.05, 4.69) is 10.1 Å². The molecule has 0 bridgehead atoms. The summed E-state index contributed by atoms with van der Waals surface area (Å²) in [6.07, 6.45) is 0. The van der Waals surface area contributed by atoms with Crippen LogP contribution in [-0.2, 0) is 6.54 Å². The average Bonchev–Trinajstić information content (AvgIpc) is 2.70. The van der Waals surface area contributed by atoms with Gasteiger partial charge >= 0.3 is 0 Å². The highest BCUT2D eigenvalue weighted by Gasteiger charge is 2.07. The second-order valence-corrected chi connectivity index (χ2v) is 3.39. The Morgan fingerprint density at radius 1 is 1.31 bits per heavy atom. The maximum Gasteiger partial charge on any atom is 0.148 e. The molecule has 1 heterocycles. The van der Waals surface area contributed by atoms with Crippen LogP contribution in [0.5, 0.6) is 5.75 Å². The van der Waals surface area contributed by atoms with Crippen molar-refractivity contribution in [2.75, 3.05) is 7.11 Å². The van der Waals surface area contributed by atoms with Gasteiger partial charge in [0.1, 0.15) is 17.4 Å². The normalized spacial score (nSPS) is 10.4. The second-order valence-electron chi connectivity index (χ2n) is 3.39. The van der Waals surface area contributed by atoms with Gasteiger partial charge in [0.2, 0.25) is 0 Å². The van der Waals surface area contributed by atoms with Gasteiger partial charge in [0.25, 0.3) is 0 Å². The number of ether oxygens (including phenoxy) is 1. The van der Waals surface area contributed by atoms with E-state index < -0.39 is 0 Å². The molecular weight excluding hydrogens is 204 g/mol. The van der Waals surface area contributed by atoms with Crippen molar-refractivity contribution in [3.05, 3.63) is 35.9 Å². The third-order valence-electron chi connectivity index (χ3n) is 2.28. The summed E-state index contributed by atoms with van der Waals surface area (Å²) in [7, 11) is 1.64. The summed E-state index contributed by atoms with van der Waals surface area (Å²) in [5.41, 5.74) is 6.54. The predicted molar refractivity (Wildman–Crippen MR) is 60.5 cm³/mol. The first-order valence-electron chi connectivity index (χ1n) is 5.01. The molecule has 0 aliphatic rings. The van der Waals surface area contributed by atoms with E-state index in [1.54, 1.807) is 11.8 Å². The summed E-state index contributed by atoms with van der Waals surface area (Å²) >= 11 is 0. The van der Waals surface area contributed by atoms with Crippen LogP contribution < -0.4 is 10.5 Å². The van der Waals surface area contributed by atoms with E-state index in [0.717, 1.165) is 23.1 Å². The third-order valence-corrected chi connectivity index (χ3v) is 2.28. The molecule has 2 aromatic rings. The Kier molecular flexibility index (Phi) is 2.87. The van der Waals surface area contributed by atoms with Crippen LogP contribution in [-0.4, -0.2) is 21.9 Å². The lowest BCUT2D eigenvalue weighted by Gasteiger charge is -2.05. The minimum Gasteiger partial charge on any atom is -0.497 e. The maximum absolute atomic E-state index is 5.61. The molecule has 0 amide bonds. The molecule has 0 unspecified atom stereocenters. The molecule has 0 saturated carbocycles. The zero-order chi connectivity index (χ0) is 11.5. The third kappa shape index (κ3) is 1.90. The quantitative estimate of drug-likeness (QED) is 0.836. The molecular formula is C11H14N4O. The molecule has 5 heteroatoms. The Hall–Kier alpha value is -1.88. The van der Waals surface area contributed by atoms with Crippen LogP contribution in [0.3, 0.4) is 0 Å². The Labute approximate surface area is 93.9 Å². The molecule has 0 saturated heterocycles. The van der Waals surface area contributed by atoms with E-state index >= 15 is 0 Å². The molecule has 1 aromatic carbocycles. The average molecular weight is 218 g/mol. The van der Waals surface area contributed by atoms with E-state index in [-0.39, 0.29) is 0 Å². The zero-order valence-corrected chi connectivity index (χ0v) is 9.34. The number of aryl methyl sites for hydroxylation is 1. The fourth-order valence-electron chi connectivity index (χ4n) is 1.52. The molecule has 0 fully saturated rings. The van der Waals surface area contributed by atoms with Gasteiger partial charge in [-0.1, -0.05) is 0 Å². The molecule has 0 spiro atoms. The number of hydrogen-bond donors (Lipinski definition) is 1. The van der Waals surface area contributed by atoms with Crippen LogP contribution in [0.2, 0.25) is 0 Å². The minimum absolute atomic E-state index is 0.368. The first-order chi connectivity index (χ1) is 7.74. The van der Waals surface area contributed by atoms with Crippen LogP contribution in [0.4, 0.5) is 0 Å².